The van der Waals surface area contributed by atoms with Crippen LogP contribution in [-0.2, 0) is 9.47 Å². The number of allylic oxidation sites excluding steroid dienone is 1. The number of aliphatic imine (C=N–C) groups is 1. The summed E-state index contributed by atoms with van der Waals surface area (Å²) in [5, 5.41) is 0. The molecule has 0 radical (unpaired) electrons. The first-order chi connectivity index (χ1) is 9.84. The van der Waals surface area contributed by atoms with Crippen LogP contribution < -0.4 is 4.74 Å². The Bertz CT molecular complexity index is 524. The predicted molar refractivity (Wildman–Crippen MR) is 84.2 cm³/mol. The summed E-state index contributed by atoms with van der Waals surface area (Å²) in [7, 11) is 0. The molecule has 21 heavy (non-hydrogen) atoms. The molecule has 1 aliphatic rings. The Labute approximate surface area is 126 Å². The number of hydrogen-bond donors (Lipinski definition) is 0. The standard InChI is InChI=1S/C17H23NO3/c1-6-19-14-9-7-13(8-10-14)18-12-11-15-20-16(2,3)17(4,5)21-15/h7-12H,6H2,1-5H3. The number of hydrogen-bond acceptors (Lipinski definition) is 4. The summed E-state index contributed by atoms with van der Waals surface area (Å²) in [6.07, 6.45) is 3.43. The molecule has 0 aliphatic carbocycles. The average molecular weight is 289 g/mol. The summed E-state index contributed by atoms with van der Waals surface area (Å²) in [6, 6.07) is 7.62. The van der Waals surface area contributed by atoms with Crippen LogP contribution in [0.15, 0.2) is 41.3 Å². The summed E-state index contributed by atoms with van der Waals surface area (Å²) in [5.74, 6) is 1.35. The Kier molecular flexibility index (Phi) is 4.26. The number of ether oxygens (including phenoxy) is 3. The van der Waals surface area contributed by atoms with Gasteiger partial charge in [0.15, 0.2) is 0 Å². The zero-order valence-electron chi connectivity index (χ0n) is 13.3. The van der Waals surface area contributed by atoms with Crippen molar-refractivity contribution in [3.05, 3.63) is 36.3 Å². The minimum Gasteiger partial charge on any atom is -0.494 e. The molecule has 0 amide bonds. The van der Waals surface area contributed by atoms with E-state index in [1.807, 2.05) is 58.9 Å². The maximum atomic E-state index is 5.78. The van der Waals surface area contributed by atoms with Gasteiger partial charge in [-0.25, -0.2) is 0 Å². The van der Waals surface area contributed by atoms with Crippen LogP contribution in [0.25, 0.3) is 0 Å². The highest BCUT2D eigenvalue weighted by molar-refractivity contribution is 5.74. The molecule has 1 saturated heterocycles. The van der Waals surface area contributed by atoms with Crippen LogP contribution in [0.3, 0.4) is 0 Å². The van der Waals surface area contributed by atoms with Gasteiger partial charge in [-0.3, -0.25) is 4.99 Å². The van der Waals surface area contributed by atoms with E-state index in [0.29, 0.717) is 12.6 Å². The van der Waals surface area contributed by atoms with E-state index in [-0.39, 0.29) is 11.2 Å². The zero-order valence-corrected chi connectivity index (χ0v) is 13.3. The van der Waals surface area contributed by atoms with Crippen molar-refractivity contribution in [2.24, 2.45) is 4.99 Å². The second-order valence-corrected chi connectivity index (χ2v) is 5.92. The minimum atomic E-state index is -0.355. The van der Waals surface area contributed by atoms with Crippen LogP contribution in [0.2, 0.25) is 0 Å². The van der Waals surface area contributed by atoms with Crippen molar-refractivity contribution < 1.29 is 14.2 Å². The van der Waals surface area contributed by atoms with Gasteiger partial charge in [0.05, 0.1) is 12.3 Å². The lowest BCUT2D eigenvalue weighted by atomic mass is 9.90. The van der Waals surface area contributed by atoms with Gasteiger partial charge < -0.3 is 14.2 Å². The Morgan fingerprint density at radius 2 is 1.62 bits per heavy atom. The Morgan fingerprint density at radius 3 is 2.14 bits per heavy atom. The Morgan fingerprint density at radius 1 is 1.05 bits per heavy atom. The van der Waals surface area contributed by atoms with Crippen LogP contribution >= 0.6 is 0 Å². The highest BCUT2D eigenvalue weighted by Gasteiger charge is 2.48. The Balaban J connectivity index is 2.01. The van der Waals surface area contributed by atoms with Crippen molar-refractivity contribution in [2.45, 2.75) is 45.8 Å². The fraction of sp³-hybridized carbons (Fsp3) is 0.471. The molecule has 1 aromatic carbocycles. The quantitative estimate of drug-likeness (QED) is 0.779. The van der Waals surface area contributed by atoms with Crippen molar-refractivity contribution in [3.63, 3.8) is 0 Å². The summed E-state index contributed by atoms with van der Waals surface area (Å²) >= 11 is 0. The molecule has 0 unspecified atom stereocenters. The third-order valence-electron chi connectivity index (χ3n) is 3.74. The zero-order chi connectivity index (χ0) is 15.5. The summed E-state index contributed by atoms with van der Waals surface area (Å²) in [6.45, 7) is 10.7. The largest absolute Gasteiger partial charge is 0.494 e. The van der Waals surface area contributed by atoms with E-state index in [2.05, 4.69) is 4.99 Å². The van der Waals surface area contributed by atoms with Gasteiger partial charge in [-0.1, -0.05) is 0 Å². The van der Waals surface area contributed by atoms with Crippen LogP contribution in [0.4, 0.5) is 5.69 Å². The molecule has 0 spiro atoms. The first-order valence-electron chi connectivity index (χ1n) is 7.19. The molecule has 114 valence electrons. The van der Waals surface area contributed by atoms with Crippen molar-refractivity contribution in [1.82, 2.24) is 0 Å². The third kappa shape index (κ3) is 3.57. The van der Waals surface area contributed by atoms with Gasteiger partial charge in [-0.2, -0.15) is 0 Å². The van der Waals surface area contributed by atoms with Gasteiger partial charge in [0.25, 0.3) is 5.95 Å². The predicted octanol–water partition coefficient (Wildman–Crippen LogP) is 4.23. The van der Waals surface area contributed by atoms with Crippen LogP contribution in [0.5, 0.6) is 5.75 Å². The van der Waals surface area contributed by atoms with Crippen molar-refractivity contribution in [1.29, 1.82) is 0 Å². The molecule has 1 heterocycles. The summed E-state index contributed by atoms with van der Waals surface area (Å²) in [4.78, 5) is 4.35. The van der Waals surface area contributed by atoms with E-state index in [4.69, 9.17) is 14.2 Å². The molecule has 0 atom stereocenters. The molecule has 0 bridgehead atoms. The molecule has 0 saturated carbocycles. The van der Waals surface area contributed by atoms with Gasteiger partial charge >= 0.3 is 0 Å². The van der Waals surface area contributed by atoms with Gasteiger partial charge in [-0.05, 0) is 58.9 Å². The van der Waals surface area contributed by atoms with E-state index in [9.17, 15) is 0 Å². The lowest BCUT2D eigenvalue weighted by Gasteiger charge is -2.28. The van der Waals surface area contributed by atoms with Crippen LogP contribution in [-0.4, -0.2) is 24.0 Å². The number of rotatable bonds is 4. The monoisotopic (exact) mass is 289 g/mol. The Hall–Kier alpha value is -1.97. The molecule has 1 aliphatic heterocycles. The SMILES string of the molecule is CCOc1ccc(N=CC=C2OC(C)(C)C(C)(C)O2)cc1. The second-order valence-electron chi connectivity index (χ2n) is 5.92. The summed E-state index contributed by atoms with van der Waals surface area (Å²) in [5.41, 5.74) is 0.143. The van der Waals surface area contributed by atoms with E-state index in [1.165, 1.54) is 0 Å². The topological polar surface area (TPSA) is 40.0 Å². The fourth-order valence-electron chi connectivity index (χ4n) is 1.82. The first kappa shape index (κ1) is 15.4. The third-order valence-corrected chi connectivity index (χ3v) is 3.74. The van der Waals surface area contributed by atoms with E-state index in [0.717, 1.165) is 11.4 Å². The first-order valence-corrected chi connectivity index (χ1v) is 7.19. The molecule has 1 aromatic rings. The maximum absolute atomic E-state index is 5.78. The van der Waals surface area contributed by atoms with Gasteiger partial charge in [0.2, 0.25) is 0 Å². The van der Waals surface area contributed by atoms with E-state index in [1.54, 1.807) is 12.3 Å². The molecule has 4 heteroatoms. The average Bonchev–Trinajstić information content (AvgIpc) is 2.60. The molecule has 4 nitrogen and oxygen atoms in total. The summed E-state index contributed by atoms with van der Waals surface area (Å²) < 4.78 is 16.9. The fourth-order valence-corrected chi connectivity index (χ4v) is 1.82. The van der Waals surface area contributed by atoms with Crippen molar-refractivity contribution in [2.75, 3.05) is 6.61 Å². The van der Waals surface area contributed by atoms with Crippen molar-refractivity contribution in [3.8, 4) is 5.75 Å². The molecular formula is C17H23NO3. The number of benzene rings is 1. The molecule has 0 aromatic heterocycles. The second kappa shape index (κ2) is 5.80. The van der Waals surface area contributed by atoms with Gasteiger partial charge in [0, 0.05) is 12.3 Å². The normalized spacial score (nSPS) is 19.2. The van der Waals surface area contributed by atoms with Gasteiger partial charge in [0.1, 0.15) is 17.0 Å². The minimum absolute atomic E-state index is 0.355. The highest BCUT2D eigenvalue weighted by Crippen LogP contribution is 2.39. The lowest BCUT2D eigenvalue weighted by Crippen LogP contribution is -2.41. The van der Waals surface area contributed by atoms with E-state index >= 15 is 0 Å². The van der Waals surface area contributed by atoms with Crippen LogP contribution in [0, 0.1) is 0 Å². The smallest absolute Gasteiger partial charge is 0.282 e. The molecule has 2 rings (SSSR count). The molecular weight excluding hydrogens is 266 g/mol. The number of nitrogens with zero attached hydrogens (tertiary/aromatic N) is 1. The lowest BCUT2D eigenvalue weighted by molar-refractivity contribution is 0.00578. The molecule has 1 fully saturated rings. The van der Waals surface area contributed by atoms with Gasteiger partial charge in [-0.15, -0.1) is 0 Å². The maximum Gasteiger partial charge on any atom is 0.282 e. The van der Waals surface area contributed by atoms with Crippen LogP contribution in [0.1, 0.15) is 34.6 Å². The van der Waals surface area contributed by atoms with Crippen molar-refractivity contribution >= 4 is 11.9 Å². The highest BCUT2D eigenvalue weighted by atomic mass is 16.7. The van der Waals surface area contributed by atoms with E-state index < -0.39 is 0 Å². The molecule has 0 N–H and O–H groups in total.